The van der Waals surface area contributed by atoms with Crippen molar-refractivity contribution in [1.29, 1.82) is 0 Å². The van der Waals surface area contributed by atoms with Crippen LogP contribution in [0.15, 0.2) is 22.7 Å². The van der Waals surface area contributed by atoms with Crippen LogP contribution in [0.4, 0.5) is 0 Å². The molecule has 12 nitrogen and oxygen atoms in total. The zero-order chi connectivity index (χ0) is 30.3. The molecule has 13 heteroatoms. The first-order chi connectivity index (χ1) is 19.3. The van der Waals surface area contributed by atoms with Crippen molar-refractivity contribution in [3.63, 3.8) is 0 Å². The Labute approximate surface area is 247 Å². The molecule has 0 radical (unpaired) electrons. The predicted octanol–water partition coefficient (Wildman–Crippen LogP) is 2.37. The summed E-state index contributed by atoms with van der Waals surface area (Å²) in [4.78, 5) is 64.1. The normalized spacial score (nSPS) is 14.0. The van der Waals surface area contributed by atoms with E-state index in [1.54, 1.807) is 30.4 Å². The molecule has 0 spiro atoms. The maximum Gasteiger partial charge on any atom is 0.325 e. The van der Waals surface area contributed by atoms with Crippen LogP contribution in [0.3, 0.4) is 0 Å². The molecule has 1 aromatic heterocycles. The first kappa shape index (κ1) is 32.0. The molecule has 0 unspecified atom stereocenters. The van der Waals surface area contributed by atoms with E-state index in [1.807, 2.05) is 18.2 Å². The van der Waals surface area contributed by atoms with Crippen LogP contribution in [0.5, 0.6) is 0 Å². The zero-order valence-electron chi connectivity index (χ0n) is 24.2. The lowest BCUT2D eigenvalue weighted by molar-refractivity contribution is -0.156. The lowest BCUT2D eigenvalue weighted by Gasteiger charge is -2.31. The minimum atomic E-state index is -0.584. The van der Waals surface area contributed by atoms with Gasteiger partial charge in [-0.15, -0.1) is 0 Å². The van der Waals surface area contributed by atoms with E-state index in [0.717, 1.165) is 21.1 Å². The maximum absolute atomic E-state index is 13.0. The maximum atomic E-state index is 13.0. The minimum absolute atomic E-state index is 0.0490. The number of carbonyl (C=O) groups excluding carboxylic acids is 5. The predicted molar refractivity (Wildman–Crippen MR) is 154 cm³/mol. The lowest BCUT2D eigenvalue weighted by atomic mass is 9.91. The number of esters is 2. The second-order valence-electron chi connectivity index (χ2n) is 11.0. The van der Waals surface area contributed by atoms with Gasteiger partial charge in [0.1, 0.15) is 18.7 Å². The first-order valence-electron chi connectivity index (χ1n) is 13.5. The van der Waals surface area contributed by atoms with Gasteiger partial charge in [0.05, 0.1) is 31.3 Å². The van der Waals surface area contributed by atoms with Crippen LogP contribution >= 0.6 is 15.9 Å². The molecule has 0 aliphatic carbocycles. The molecule has 2 heterocycles. The highest BCUT2D eigenvalue weighted by Gasteiger charge is 2.29. The van der Waals surface area contributed by atoms with Gasteiger partial charge >= 0.3 is 11.9 Å². The summed E-state index contributed by atoms with van der Waals surface area (Å²) in [7, 11) is 2.74. The van der Waals surface area contributed by atoms with E-state index in [4.69, 9.17) is 9.84 Å². The number of halogens is 1. The van der Waals surface area contributed by atoms with Crippen molar-refractivity contribution in [2.45, 2.75) is 64.5 Å². The van der Waals surface area contributed by atoms with Gasteiger partial charge in [0, 0.05) is 42.3 Å². The molecule has 0 atom stereocenters. The van der Waals surface area contributed by atoms with Gasteiger partial charge in [-0.3, -0.25) is 28.7 Å². The molecule has 224 valence electrons. The highest BCUT2D eigenvalue weighted by atomic mass is 79.9. The molecule has 3 rings (SSSR count). The molecule has 1 aromatic carbocycles. The largest absolute Gasteiger partial charge is 0.468 e. The van der Waals surface area contributed by atoms with E-state index in [2.05, 4.69) is 26.0 Å². The van der Waals surface area contributed by atoms with E-state index in [0.29, 0.717) is 25.9 Å². The number of hydrogen-bond donors (Lipinski definition) is 1. The van der Waals surface area contributed by atoms with Crippen molar-refractivity contribution in [2.24, 2.45) is 0 Å². The monoisotopic (exact) mass is 635 g/mol. The van der Waals surface area contributed by atoms with Crippen molar-refractivity contribution in [1.82, 2.24) is 24.9 Å². The highest BCUT2D eigenvalue weighted by molar-refractivity contribution is 9.10. The molecule has 2 aromatic rings. The Bertz CT molecular complexity index is 1290. The third-order valence-electron chi connectivity index (χ3n) is 6.70. The number of nitrogens with one attached hydrogen (secondary N) is 1. The lowest BCUT2D eigenvalue weighted by Crippen LogP contribution is -2.41. The summed E-state index contributed by atoms with van der Waals surface area (Å²) in [6, 6.07) is 5.68. The fourth-order valence-corrected chi connectivity index (χ4v) is 5.19. The molecule has 1 N–H and O–H groups in total. The number of methoxy groups -OCH3 is 1. The Kier molecular flexibility index (Phi) is 10.9. The third-order valence-corrected chi connectivity index (χ3v) is 7.36. The summed E-state index contributed by atoms with van der Waals surface area (Å²) in [5.41, 5.74) is 1.04. The molecular weight excluding hydrogens is 598 g/mol. The summed E-state index contributed by atoms with van der Waals surface area (Å²) < 4.78 is 12.3. The van der Waals surface area contributed by atoms with Gasteiger partial charge in [0.15, 0.2) is 0 Å². The van der Waals surface area contributed by atoms with Gasteiger partial charge < -0.3 is 24.6 Å². The van der Waals surface area contributed by atoms with Crippen molar-refractivity contribution < 1.29 is 33.4 Å². The number of ether oxygens (including phenoxy) is 2. The molecule has 41 heavy (non-hydrogen) atoms. The summed E-state index contributed by atoms with van der Waals surface area (Å²) >= 11 is 3.63. The molecule has 1 aliphatic rings. The Morgan fingerprint density at radius 1 is 1.10 bits per heavy atom. The van der Waals surface area contributed by atoms with Gasteiger partial charge in [-0.1, -0.05) is 22.0 Å². The van der Waals surface area contributed by atoms with Crippen molar-refractivity contribution in [3.8, 4) is 0 Å². The SMILES string of the molecule is COC(=O)CNC(=O)CN(C)C(=O)Cn1nc(C2CCN(C(=O)CCC(=O)OC(C)(C)C)CC2)c2c(Br)cccc21. The van der Waals surface area contributed by atoms with E-state index in [9.17, 15) is 24.0 Å². The number of likely N-dealkylation sites (N-methyl/N-ethyl adjacent to an activating group) is 1. The Hall–Kier alpha value is -3.48. The van der Waals surface area contributed by atoms with Gasteiger partial charge in [0.25, 0.3) is 0 Å². The molecule has 0 bridgehead atoms. The van der Waals surface area contributed by atoms with E-state index >= 15 is 0 Å². The van der Waals surface area contributed by atoms with Crippen molar-refractivity contribution in [2.75, 3.05) is 40.3 Å². The Morgan fingerprint density at radius 2 is 1.78 bits per heavy atom. The zero-order valence-corrected chi connectivity index (χ0v) is 25.8. The third kappa shape index (κ3) is 9.00. The fourth-order valence-electron chi connectivity index (χ4n) is 4.63. The van der Waals surface area contributed by atoms with Crippen LogP contribution in [-0.2, 0) is 40.0 Å². The van der Waals surface area contributed by atoms with Crippen LogP contribution in [0.1, 0.15) is 58.1 Å². The molecule has 1 saturated heterocycles. The molecule has 3 amide bonds. The van der Waals surface area contributed by atoms with Gasteiger partial charge in [-0.2, -0.15) is 5.10 Å². The topological polar surface area (TPSA) is 140 Å². The summed E-state index contributed by atoms with van der Waals surface area (Å²) in [6.45, 7) is 5.91. The Morgan fingerprint density at radius 3 is 2.41 bits per heavy atom. The Balaban J connectivity index is 1.64. The van der Waals surface area contributed by atoms with Crippen LogP contribution in [0, 0.1) is 0 Å². The number of nitrogens with zero attached hydrogens (tertiary/aromatic N) is 4. The molecular formula is C28H38BrN5O7. The van der Waals surface area contributed by atoms with E-state index < -0.39 is 17.5 Å². The van der Waals surface area contributed by atoms with Crippen LogP contribution in [-0.4, -0.2) is 95.2 Å². The molecule has 1 aliphatic heterocycles. The number of benzene rings is 1. The van der Waals surface area contributed by atoms with E-state index in [1.165, 1.54) is 19.1 Å². The average molecular weight is 637 g/mol. The number of likely N-dealkylation sites (tertiary alicyclic amines) is 1. The second kappa shape index (κ2) is 13.9. The standard InChI is InChI=1S/C28H38BrN5O7/c1-28(2,3)41-24(38)10-9-22(36)33-13-11-18(12-14-33)27-26-19(29)7-6-8-20(26)34(31-27)17-23(37)32(4)16-21(35)30-15-25(39)40-5/h6-8,18H,9-17H2,1-5H3,(H,30,35). The number of piperidine rings is 1. The molecule has 1 fully saturated rings. The summed E-state index contributed by atoms with van der Waals surface area (Å²) in [5, 5.41) is 8.15. The van der Waals surface area contributed by atoms with Crippen molar-refractivity contribution >= 4 is 56.5 Å². The van der Waals surface area contributed by atoms with Gasteiger partial charge in [-0.05, 0) is 45.7 Å². The number of fused-ring (bicyclic) bond motifs is 1. The number of hydrogen-bond acceptors (Lipinski definition) is 8. The number of carbonyl (C=O) groups is 5. The number of rotatable bonds is 10. The van der Waals surface area contributed by atoms with Crippen LogP contribution in [0.25, 0.3) is 10.9 Å². The average Bonchev–Trinajstić information content (AvgIpc) is 3.28. The van der Waals surface area contributed by atoms with Crippen molar-refractivity contribution in [3.05, 3.63) is 28.4 Å². The quantitative estimate of drug-likeness (QED) is 0.393. The van der Waals surface area contributed by atoms with Crippen LogP contribution < -0.4 is 5.32 Å². The van der Waals surface area contributed by atoms with Gasteiger partial charge in [0.2, 0.25) is 17.7 Å². The minimum Gasteiger partial charge on any atom is -0.468 e. The molecule has 0 saturated carbocycles. The summed E-state index contributed by atoms with van der Waals surface area (Å²) in [5.74, 6) is -1.76. The number of aromatic nitrogens is 2. The highest BCUT2D eigenvalue weighted by Crippen LogP contribution is 2.36. The fraction of sp³-hybridized carbons (Fsp3) is 0.571. The van der Waals surface area contributed by atoms with E-state index in [-0.39, 0.29) is 56.2 Å². The summed E-state index contributed by atoms with van der Waals surface area (Å²) in [6.07, 6.45) is 1.55. The van der Waals surface area contributed by atoms with Gasteiger partial charge in [-0.25, -0.2) is 0 Å². The first-order valence-corrected chi connectivity index (χ1v) is 14.3. The smallest absolute Gasteiger partial charge is 0.325 e. The van der Waals surface area contributed by atoms with Crippen LogP contribution in [0.2, 0.25) is 0 Å². The number of amides is 3. The second-order valence-corrected chi connectivity index (χ2v) is 11.9.